The minimum Gasteiger partial charge on any atom is -0.462 e. The largest absolute Gasteiger partial charge is 0.462 e. The van der Waals surface area contributed by atoms with Gasteiger partial charge in [0.25, 0.3) is 5.91 Å². The normalized spacial score (nSPS) is 16.1. The number of aliphatic imine (C=N–C) groups is 1. The van der Waals surface area contributed by atoms with Gasteiger partial charge in [-0.3, -0.25) is 9.69 Å². The Balaban J connectivity index is 1.58. The summed E-state index contributed by atoms with van der Waals surface area (Å²) in [6, 6.07) is 18.4. The predicted octanol–water partition coefficient (Wildman–Crippen LogP) is 6.51. The van der Waals surface area contributed by atoms with Gasteiger partial charge < -0.3 is 9.15 Å². The van der Waals surface area contributed by atoms with Crippen LogP contribution in [0.2, 0.25) is 0 Å². The van der Waals surface area contributed by atoms with Crippen molar-refractivity contribution in [3.05, 3.63) is 81.4 Å². The van der Waals surface area contributed by atoms with Gasteiger partial charge in [-0.2, -0.15) is 0 Å². The summed E-state index contributed by atoms with van der Waals surface area (Å²) in [6.45, 7) is 4.43. The number of hydrogen-bond acceptors (Lipinski definition) is 6. The summed E-state index contributed by atoms with van der Waals surface area (Å²) >= 11 is 4.71. The van der Waals surface area contributed by atoms with Gasteiger partial charge >= 0.3 is 5.97 Å². The Labute approximate surface area is 204 Å². The third-order valence-electron chi connectivity index (χ3n) is 4.82. The van der Waals surface area contributed by atoms with Gasteiger partial charge in [0.2, 0.25) is 0 Å². The molecule has 6 nitrogen and oxygen atoms in total. The average Bonchev–Trinajstić information content (AvgIpc) is 3.39. The number of carbonyl (C=O) groups excluding carboxylic acids is 2. The maximum atomic E-state index is 13.0. The summed E-state index contributed by atoms with van der Waals surface area (Å²) in [7, 11) is 0. The van der Waals surface area contributed by atoms with Gasteiger partial charge in [-0.05, 0) is 68.1 Å². The van der Waals surface area contributed by atoms with E-state index in [0.717, 1.165) is 15.8 Å². The standard InChI is InChI=1S/C25H21BrN2O4S/c1-3-28-23(29)22(15-20-12-13-21(32-20)16-8-10-18(26)11-9-16)33-25(28)27-19-7-5-6-17(14-19)24(30)31-4-2/h5-15H,3-4H2,1-2H3. The van der Waals surface area contributed by atoms with E-state index in [0.29, 0.717) is 40.2 Å². The van der Waals surface area contributed by atoms with Crippen LogP contribution < -0.4 is 0 Å². The Morgan fingerprint density at radius 3 is 2.67 bits per heavy atom. The SMILES string of the molecule is CCOC(=O)c1cccc(N=C2SC(=Cc3ccc(-c4ccc(Br)cc4)o3)C(=O)N2CC)c1. The first-order valence-electron chi connectivity index (χ1n) is 10.4. The lowest BCUT2D eigenvalue weighted by Crippen LogP contribution is -2.28. The highest BCUT2D eigenvalue weighted by Crippen LogP contribution is 2.35. The van der Waals surface area contributed by atoms with Crippen molar-refractivity contribution in [1.82, 2.24) is 4.90 Å². The van der Waals surface area contributed by atoms with E-state index in [1.165, 1.54) is 11.8 Å². The fourth-order valence-corrected chi connectivity index (χ4v) is 4.53. The lowest BCUT2D eigenvalue weighted by atomic mass is 10.2. The molecule has 0 bridgehead atoms. The Bertz CT molecular complexity index is 1250. The number of esters is 1. The molecule has 0 atom stereocenters. The number of halogens is 1. The molecule has 1 fully saturated rings. The summed E-state index contributed by atoms with van der Waals surface area (Å²) in [6.07, 6.45) is 1.73. The Morgan fingerprint density at radius 1 is 1.15 bits per heavy atom. The molecule has 0 saturated carbocycles. The van der Waals surface area contributed by atoms with E-state index in [-0.39, 0.29) is 5.91 Å². The summed E-state index contributed by atoms with van der Waals surface area (Å²) in [5, 5.41) is 0.550. The van der Waals surface area contributed by atoms with Crippen LogP contribution in [0.15, 0.2) is 79.5 Å². The summed E-state index contributed by atoms with van der Waals surface area (Å²) in [5.74, 6) is 0.776. The van der Waals surface area contributed by atoms with Crippen LogP contribution in [0.1, 0.15) is 30.0 Å². The topological polar surface area (TPSA) is 72.1 Å². The molecule has 0 spiro atoms. The Hall–Kier alpha value is -3.10. The van der Waals surface area contributed by atoms with Gasteiger partial charge in [0.1, 0.15) is 11.5 Å². The van der Waals surface area contributed by atoms with Gasteiger partial charge in [0.05, 0.1) is 22.8 Å². The van der Waals surface area contributed by atoms with Crippen molar-refractivity contribution in [2.45, 2.75) is 13.8 Å². The van der Waals surface area contributed by atoms with Gasteiger partial charge in [-0.1, -0.05) is 34.1 Å². The number of benzene rings is 2. The smallest absolute Gasteiger partial charge is 0.338 e. The van der Waals surface area contributed by atoms with Gasteiger partial charge in [-0.15, -0.1) is 0 Å². The molecule has 3 aromatic rings. The molecule has 8 heteroatoms. The van der Waals surface area contributed by atoms with Gasteiger partial charge in [0.15, 0.2) is 5.17 Å². The minimum atomic E-state index is -0.401. The fraction of sp³-hybridized carbons (Fsp3) is 0.160. The second kappa shape index (κ2) is 10.2. The molecular weight excluding hydrogens is 504 g/mol. The lowest BCUT2D eigenvalue weighted by molar-refractivity contribution is -0.122. The number of furan rings is 1. The lowest BCUT2D eigenvalue weighted by Gasteiger charge is -2.12. The molecular formula is C25H21BrN2O4S. The van der Waals surface area contributed by atoms with Crippen LogP contribution in [0.5, 0.6) is 0 Å². The zero-order chi connectivity index (χ0) is 23.4. The molecule has 33 heavy (non-hydrogen) atoms. The summed E-state index contributed by atoms with van der Waals surface area (Å²) in [5.41, 5.74) is 1.95. The summed E-state index contributed by atoms with van der Waals surface area (Å²) in [4.78, 5) is 31.7. The molecule has 168 valence electrons. The number of rotatable bonds is 6. The number of hydrogen-bond donors (Lipinski definition) is 0. The quantitative estimate of drug-likeness (QED) is 0.271. The van der Waals surface area contributed by atoms with Crippen molar-refractivity contribution in [2.75, 3.05) is 13.2 Å². The first kappa shape index (κ1) is 23.1. The molecule has 1 aromatic heterocycles. The number of likely N-dealkylation sites (N-methyl/N-ethyl adjacent to an activating group) is 1. The van der Waals surface area contributed by atoms with E-state index in [1.54, 1.807) is 42.2 Å². The van der Waals surface area contributed by atoms with Crippen LogP contribution in [-0.2, 0) is 9.53 Å². The molecule has 1 aliphatic heterocycles. The molecule has 0 radical (unpaired) electrons. The maximum Gasteiger partial charge on any atom is 0.338 e. The second-order valence-corrected chi connectivity index (χ2v) is 8.96. The van der Waals surface area contributed by atoms with Crippen LogP contribution in [0, 0.1) is 0 Å². The van der Waals surface area contributed by atoms with Crippen LogP contribution in [0.4, 0.5) is 5.69 Å². The van der Waals surface area contributed by atoms with E-state index in [9.17, 15) is 9.59 Å². The van der Waals surface area contributed by atoms with E-state index in [4.69, 9.17) is 9.15 Å². The second-order valence-electron chi connectivity index (χ2n) is 7.03. The van der Waals surface area contributed by atoms with Gasteiger partial charge in [-0.25, -0.2) is 9.79 Å². The monoisotopic (exact) mass is 524 g/mol. The van der Waals surface area contributed by atoms with Crippen molar-refractivity contribution < 1.29 is 18.7 Å². The van der Waals surface area contributed by atoms with Crippen molar-refractivity contribution in [3.63, 3.8) is 0 Å². The zero-order valence-electron chi connectivity index (χ0n) is 18.1. The highest BCUT2D eigenvalue weighted by molar-refractivity contribution is 9.10. The molecule has 2 aromatic carbocycles. The number of nitrogens with zero attached hydrogens (tertiary/aromatic N) is 2. The maximum absolute atomic E-state index is 13.0. The predicted molar refractivity (Wildman–Crippen MR) is 134 cm³/mol. The fourth-order valence-electron chi connectivity index (χ4n) is 3.23. The van der Waals surface area contributed by atoms with Crippen molar-refractivity contribution >= 4 is 56.5 Å². The molecule has 0 aliphatic carbocycles. The van der Waals surface area contributed by atoms with Crippen LogP contribution in [0.3, 0.4) is 0 Å². The number of amidine groups is 1. The molecule has 1 amide bonds. The molecule has 4 rings (SSSR count). The Morgan fingerprint density at radius 2 is 1.94 bits per heavy atom. The first-order chi connectivity index (χ1) is 16.0. The zero-order valence-corrected chi connectivity index (χ0v) is 20.5. The number of amides is 1. The van der Waals surface area contributed by atoms with E-state index >= 15 is 0 Å². The van der Waals surface area contributed by atoms with Crippen molar-refractivity contribution in [2.24, 2.45) is 4.99 Å². The molecule has 2 heterocycles. The van der Waals surface area contributed by atoms with E-state index < -0.39 is 5.97 Å². The van der Waals surface area contributed by atoms with Crippen LogP contribution in [0.25, 0.3) is 17.4 Å². The third kappa shape index (κ3) is 5.29. The van der Waals surface area contributed by atoms with Gasteiger partial charge in [0, 0.05) is 22.7 Å². The number of ether oxygens (including phenoxy) is 1. The number of carbonyl (C=O) groups is 2. The highest BCUT2D eigenvalue weighted by atomic mass is 79.9. The first-order valence-corrected chi connectivity index (χ1v) is 12.0. The van der Waals surface area contributed by atoms with Crippen molar-refractivity contribution in [3.8, 4) is 11.3 Å². The van der Waals surface area contributed by atoms with Crippen LogP contribution in [-0.4, -0.2) is 35.1 Å². The number of thioether (sulfide) groups is 1. The average molecular weight is 525 g/mol. The third-order valence-corrected chi connectivity index (χ3v) is 6.35. The highest BCUT2D eigenvalue weighted by Gasteiger charge is 2.32. The van der Waals surface area contributed by atoms with Crippen molar-refractivity contribution in [1.29, 1.82) is 0 Å². The molecule has 1 saturated heterocycles. The minimum absolute atomic E-state index is 0.135. The van der Waals surface area contributed by atoms with Crippen LogP contribution >= 0.6 is 27.7 Å². The molecule has 0 unspecified atom stereocenters. The molecule has 1 aliphatic rings. The summed E-state index contributed by atoms with van der Waals surface area (Å²) < 4.78 is 12.0. The Kier molecular flexibility index (Phi) is 7.15. The van der Waals surface area contributed by atoms with E-state index in [1.807, 2.05) is 43.3 Å². The van der Waals surface area contributed by atoms with E-state index in [2.05, 4.69) is 20.9 Å². The molecule has 0 N–H and O–H groups in total.